The molecule has 2 heterocycles. The number of ether oxygens (including phenoxy) is 1. The average molecular weight is 367 g/mol. The molecular weight excluding hydrogens is 347 g/mol. The summed E-state index contributed by atoms with van der Waals surface area (Å²) >= 11 is 5.71. The molecule has 1 aliphatic heterocycles. The molecule has 0 radical (unpaired) electrons. The molecule has 1 fully saturated rings. The summed E-state index contributed by atoms with van der Waals surface area (Å²) in [5, 5.41) is 7.22. The smallest absolute Gasteiger partial charge is 0.271 e. The molecule has 3 rings (SSSR count). The molecular formula is C17H20ClFN4O2. The number of nitrogens with one attached hydrogen (secondary N) is 1. The van der Waals surface area contributed by atoms with E-state index in [1.807, 2.05) is 0 Å². The van der Waals surface area contributed by atoms with Crippen LogP contribution in [0.2, 0.25) is 5.02 Å². The molecule has 0 spiro atoms. The molecule has 25 heavy (non-hydrogen) atoms. The van der Waals surface area contributed by atoms with E-state index in [9.17, 15) is 9.18 Å². The molecule has 0 bridgehead atoms. The fraction of sp³-hybridized carbons (Fsp3) is 0.412. The van der Waals surface area contributed by atoms with E-state index in [2.05, 4.69) is 22.4 Å². The Morgan fingerprint density at radius 3 is 2.88 bits per heavy atom. The van der Waals surface area contributed by atoms with E-state index in [4.69, 9.17) is 16.3 Å². The van der Waals surface area contributed by atoms with E-state index in [1.54, 1.807) is 12.3 Å². The number of rotatable bonds is 5. The van der Waals surface area contributed by atoms with Crippen LogP contribution in [0.5, 0.6) is 5.75 Å². The highest BCUT2D eigenvalue weighted by Gasteiger charge is 2.20. The fourth-order valence-corrected chi connectivity index (χ4v) is 2.84. The molecule has 1 aliphatic rings. The van der Waals surface area contributed by atoms with Gasteiger partial charge in [-0.05, 0) is 51.2 Å². The molecule has 1 amide bonds. The van der Waals surface area contributed by atoms with Gasteiger partial charge in [0.25, 0.3) is 5.91 Å². The Bertz CT molecular complexity index is 744. The number of nitrogens with zero attached hydrogens (tertiary/aromatic N) is 3. The van der Waals surface area contributed by atoms with Gasteiger partial charge in [-0.2, -0.15) is 5.10 Å². The van der Waals surface area contributed by atoms with Crippen molar-refractivity contribution in [2.45, 2.75) is 25.6 Å². The van der Waals surface area contributed by atoms with Crippen LogP contribution >= 0.6 is 11.6 Å². The summed E-state index contributed by atoms with van der Waals surface area (Å²) < 4.78 is 20.1. The van der Waals surface area contributed by atoms with Gasteiger partial charge >= 0.3 is 0 Å². The third kappa shape index (κ3) is 4.70. The van der Waals surface area contributed by atoms with Crippen LogP contribution < -0.4 is 10.1 Å². The van der Waals surface area contributed by atoms with Gasteiger partial charge in [-0.25, -0.2) is 9.07 Å². The number of piperidine rings is 1. The standard InChI is InChI=1S/C17H20ClFN4O2/c1-22-7-4-12(5-8-22)20-17(24)16-6-9-23(21-16)11-25-13-2-3-15(19)14(18)10-13/h2-3,6,9-10,12H,4-5,7-8,11H2,1H3,(H,20,24). The Morgan fingerprint density at radius 2 is 2.16 bits per heavy atom. The number of hydrogen-bond donors (Lipinski definition) is 1. The highest BCUT2D eigenvalue weighted by molar-refractivity contribution is 6.30. The van der Waals surface area contributed by atoms with Crippen LogP contribution in [0.15, 0.2) is 30.5 Å². The molecule has 8 heteroatoms. The minimum atomic E-state index is -0.499. The van der Waals surface area contributed by atoms with Gasteiger partial charge in [0.2, 0.25) is 0 Å². The lowest BCUT2D eigenvalue weighted by Crippen LogP contribution is -2.43. The molecule has 1 saturated heterocycles. The molecule has 134 valence electrons. The van der Waals surface area contributed by atoms with Crippen LogP contribution in [-0.4, -0.2) is 46.8 Å². The Labute approximate surface area is 150 Å². The minimum absolute atomic E-state index is 0.00356. The van der Waals surface area contributed by atoms with Crippen LogP contribution in [0.25, 0.3) is 0 Å². The van der Waals surface area contributed by atoms with Crippen molar-refractivity contribution in [1.82, 2.24) is 20.0 Å². The number of hydrogen-bond acceptors (Lipinski definition) is 4. The van der Waals surface area contributed by atoms with Crippen molar-refractivity contribution in [1.29, 1.82) is 0 Å². The van der Waals surface area contributed by atoms with E-state index in [0.717, 1.165) is 25.9 Å². The molecule has 1 aromatic heterocycles. The second kappa shape index (κ2) is 7.84. The van der Waals surface area contributed by atoms with E-state index in [0.29, 0.717) is 11.4 Å². The summed E-state index contributed by atoms with van der Waals surface area (Å²) in [5.41, 5.74) is 0.347. The van der Waals surface area contributed by atoms with Gasteiger partial charge in [0.1, 0.15) is 17.3 Å². The largest absolute Gasteiger partial charge is 0.471 e. The van der Waals surface area contributed by atoms with Gasteiger partial charge in [0, 0.05) is 18.3 Å². The van der Waals surface area contributed by atoms with Gasteiger partial charge in [-0.3, -0.25) is 4.79 Å². The number of amides is 1. The van der Waals surface area contributed by atoms with Crippen LogP contribution in [0.4, 0.5) is 4.39 Å². The summed E-state index contributed by atoms with van der Waals surface area (Å²) in [4.78, 5) is 14.5. The number of likely N-dealkylation sites (tertiary alicyclic amines) is 1. The molecule has 0 unspecified atom stereocenters. The zero-order valence-electron chi connectivity index (χ0n) is 13.9. The number of carbonyl (C=O) groups is 1. The van der Waals surface area contributed by atoms with Gasteiger partial charge in [-0.1, -0.05) is 11.6 Å². The molecule has 0 aliphatic carbocycles. The monoisotopic (exact) mass is 366 g/mol. The van der Waals surface area contributed by atoms with Gasteiger partial charge in [0.15, 0.2) is 6.73 Å². The van der Waals surface area contributed by atoms with Crippen LogP contribution in [0.1, 0.15) is 23.3 Å². The number of aromatic nitrogens is 2. The molecule has 1 aromatic carbocycles. The topological polar surface area (TPSA) is 59.4 Å². The lowest BCUT2D eigenvalue weighted by atomic mass is 10.1. The Hall–Kier alpha value is -2.12. The first-order valence-corrected chi connectivity index (χ1v) is 8.50. The molecule has 6 nitrogen and oxygen atoms in total. The SMILES string of the molecule is CN1CCC(NC(=O)c2ccn(COc3ccc(F)c(Cl)c3)n2)CC1. The first-order chi connectivity index (χ1) is 12.0. The summed E-state index contributed by atoms with van der Waals surface area (Å²) in [6.07, 6.45) is 3.55. The van der Waals surface area contributed by atoms with E-state index in [-0.39, 0.29) is 23.7 Å². The first-order valence-electron chi connectivity index (χ1n) is 8.12. The Balaban J connectivity index is 1.52. The predicted molar refractivity (Wildman–Crippen MR) is 92.3 cm³/mol. The lowest BCUT2D eigenvalue weighted by molar-refractivity contribution is 0.0909. The van der Waals surface area contributed by atoms with Crippen molar-refractivity contribution in [2.75, 3.05) is 20.1 Å². The molecule has 2 aromatic rings. The number of benzene rings is 1. The number of carbonyl (C=O) groups excluding carboxylic acids is 1. The fourth-order valence-electron chi connectivity index (χ4n) is 2.67. The Kier molecular flexibility index (Phi) is 5.55. The quantitative estimate of drug-likeness (QED) is 0.883. The summed E-state index contributed by atoms with van der Waals surface area (Å²) in [7, 11) is 2.08. The maximum Gasteiger partial charge on any atom is 0.271 e. The lowest BCUT2D eigenvalue weighted by Gasteiger charge is -2.29. The predicted octanol–water partition coefficient (Wildman–Crippen LogP) is 2.54. The maximum absolute atomic E-state index is 13.1. The highest BCUT2D eigenvalue weighted by Crippen LogP contribution is 2.21. The minimum Gasteiger partial charge on any atom is -0.471 e. The van der Waals surface area contributed by atoms with Crippen molar-refractivity contribution < 1.29 is 13.9 Å². The third-order valence-electron chi connectivity index (χ3n) is 4.18. The second-order valence-corrected chi connectivity index (χ2v) is 6.55. The van der Waals surface area contributed by atoms with Gasteiger partial charge in [0.05, 0.1) is 5.02 Å². The molecule has 1 N–H and O–H groups in total. The normalized spacial score (nSPS) is 16.0. The van der Waals surface area contributed by atoms with E-state index < -0.39 is 5.82 Å². The molecule has 0 atom stereocenters. The number of halogens is 2. The van der Waals surface area contributed by atoms with Gasteiger partial charge < -0.3 is 15.0 Å². The Morgan fingerprint density at radius 1 is 1.40 bits per heavy atom. The zero-order chi connectivity index (χ0) is 17.8. The maximum atomic E-state index is 13.1. The van der Waals surface area contributed by atoms with E-state index >= 15 is 0 Å². The summed E-state index contributed by atoms with van der Waals surface area (Å²) in [6, 6.07) is 5.95. The highest BCUT2D eigenvalue weighted by atomic mass is 35.5. The van der Waals surface area contributed by atoms with Gasteiger partial charge in [-0.15, -0.1) is 0 Å². The first kappa shape index (κ1) is 17.7. The van der Waals surface area contributed by atoms with E-state index in [1.165, 1.54) is 22.9 Å². The van der Waals surface area contributed by atoms with Crippen LogP contribution in [-0.2, 0) is 6.73 Å². The van der Waals surface area contributed by atoms with Crippen LogP contribution in [0.3, 0.4) is 0 Å². The van der Waals surface area contributed by atoms with Crippen molar-refractivity contribution >= 4 is 17.5 Å². The van der Waals surface area contributed by atoms with Crippen molar-refractivity contribution in [2.24, 2.45) is 0 Å². The van der Waals surface area contributed by atoms with Crippen LogP contribution in [0, 0.1) is 5.82 Å². The van der Waals surface area contributed by atoms with Crippen molar-refractivity contribution in [3.63, 3.8) is 0 Å². The van der Waals surface area contributed by atoms with Crippen molar-refractivity contribution in [3.05, 3.63) is 47.0 Å². The third-order valence-corrected chi connectivity index (χ3v) is 4.47. The van der Waals surface area contributed by atoms with Crippen molar-refractivity contribution in [3.8, 4) is 5.75 Å². The molecule has 0 saturated carbocycles. The zero-order valence-corrected chi connectivity index (χ0v) is 14.7. The summed E-state index contributed by atoms with van der Waals surface area (Å²) in [5.74, 6) is -0.252. The second-order valence-electron chi connectivity index (χ2n) is 6.14. The average Bonchev–Trinajstić information content (AvgIpc) is 3.07. The summed E-state index contributed by atoms with van der Waals surface area (Å²) in [6.45, 7) is 2.06.